The first-order chi connectivity index (χ1) is 10.9. The van der Waals surface area contributed by atoms with Gasteiger partial charge in [-0.2, -0.15) is 0 Å². The van der Waals surface area contributed by atoms with Crippen molar-refractivity contribution in [2.24, 2.45) is 17.8 Å². The fourth-order valence-electron chi connectivity index (χ4n) is 2.49. The van der Waals surface area contributed by atoms with E-state index in [0.717, 1.165) is 25.2 Å². The molecular formula is C15H31O7P2-3. The van der Waals surface area contributed by atoms with Crippen LogP contribution in [-0.2, 0) is 18.0 Å². The Morgan fingerprint density at radius 3 is 1.71 bits per heavy atom. The van der Waals surface area contributed by atoms with Crippen LogP contribution in [0.1, 0.15) is 72.6 Å². The standard InChI is InChI=1S/C15H34O7P2/c1-13(2)7-5-8-14(3)9-6-10-15(4)11-12-21-24(19,20)22-23(16,17)18/h13-15H,5-12H2,1-4H3,(H,19,20)(H2,16,17,18)/p-3. The van der Waals surface area contributed by atoms with E-state index in [1.54, 1.807) is 0 Å². The van der Waals surface area contributed by atoms with Crippen LogP contribution in [-0.4, -0.2) is 6.61 Å². The number of hydrogen-bond acceptors (Lipinski definition) is 7. The van der Waals surface area contributed by atoms with Crippen LogP contribution in [0.4, 0.5) is 0 Å². The number of phosphoric acid groups is 2. The second-order valence-corrected chi connectivity index (χ2v) is 9.76. The van der Waals surface area contributed by atoms with Crippen molar-refractivity contribution in [1.29, 1.82) is 0 Å². The zero-order chi connectivity index (χ0) is 18.8. The van der Waals surface area contributed by atoms with Gasteiger partial charge in [-0.1, -0.05) is 66.2 Å². The Hall–Kier alpha value is 0.260. The first-order valence-corrected chi connectivity index (χ1v) is 11.5. The van der Waals surface area contributed by atoms with Crippen LogP contribution >= 0.6 is 15.6 Å². The molecule has 0 aromatic carbocycles. The van der Waals surface area contributed by atoms with Crippen LogP contribution in [0.2, 0.25) is 0 Å². The minimum Gasteiger partial charge on any atom is -0.790 e. The average molecular weight is 385 g/mol. The summed E-state index contributed by atoms with van der Waals surface area (Å²) in [7, 11) is -10.7. The highest BCUT2D eigenvalue weighted by molar-refractivity contribution is 7.58. The molecule has 9 heteroatoms. The lowest BCUT2D eigenvalue weighted by molar-refractivity contribution is -0.339. The van der Waals surface area contributed by atoms with Crippen molar-refractivity contribution in [3.05, 3.63) is 0 Å². The van der Waals surface area contributed by atoms with Crippen molar-refractivity contribution >= 4 is 15.6 Å². The molecule has 0 aliphatic carbocycles. The van der Waals surface area contributed by atoms with Gasteiger partial charge < -0.3 is 23.8 Å². The summed E-state index contributed by atoms with van der Waals surface area (Å²) < 4.78 is 29.1. The van der Waals surface area contributed by atoms with Crippen LogP contribution in [0.3, 0.4) is 0 Å². The second-order valence-electron chi connectivity index (χ2n) is 7.06. The van der Waals surface area contributed by atoms with Gasteiger partial charge in [0.1, 0.15) is 0 Å². The Morgan fingerprint density at radius 2 is 1.25 bits per heavy atom. The van der Waals surface area contributed by atoms with E-state index in [2.05, 4.69) is 29.6 Å². The Morgan fingerprint density at radius 1 is 0.792 bits per heavy atom. The molecule has 0 heterocycles. The normalized spacial score (nSPS) is 17.7. The van der Waals surface area contributed by atoms with E-state index in [4.69, 9.17) is 0 Å². The number of hydrogen-bond donors (Lipinski definition) is 0. The summed E-state index contributed by atoms with van der Waals surface area (Å²) in [6.45, 7) is 8.50. The topological polar surface area (TPSA) is 122 Å². The van der Waals surface area contributed by atoms with Gasteiger partial charge in [0.05, 0.1) is 14.4 Å². The van der Waals surface area contributed by atoms with Crippen LogP contribution in [0.25, 0.3) is 0 Å². The van der Waals surface area contributed by atoms with Crippen molar-refractivity contribution in [3.8, 4) is 0 Å². The largest absolute Gasteiger partial charge is 0.790 e. The van der Waals surface area contributed by atoms with Gasteiger partial charge in [0.15, 0.2) is 0 Å². The molecule has 0 aliphatic rings. The zero-order valence-corrected chi connectivity index (χ0v) is 16.9. The van der Waals surface area contributed by atoms with Gasteiger partial charge in [0, 0.05) is 0 Å². The van der Waals surface area contributed by atoms with Crippen molar-refractivity contribution in [1.82, 2.24) is 0 Å². The van der Waals surface area contributed by atoms with Crippen LogP contribution < -0.4 is 14.7 Å². The fraction of sp³-hybridized carbons (Fsp3) is 1.00. The molecule has 3 unspecified atom stereocenters. The third-order valence-electron chi connectivity index (χ3n) is 3.93. The van der Waals surface area contributed by atoms with E-state index in [0.29, 0.717) is 12.3 Å². The molecule has 0 fully saturated rings. The molecule has 0 aromatic heterocycles. The molecule has 0 saturated carbocycles. The summed E-state index contributed by atoms with van der Waals surface area (Å²) in [5, 5.41) is 0. The van der Waals surface area contributed by atoms with Gasteiger partial charge in [-0.15, -0.1) is 0 Å². The number of phosphoric ester groups is 1. The molecule has 0 spiro atoms. The highest BCUT2D eigenvalue weighted by Gasteiger charge is 2.13. The quantitative estimate of drug-likeness (QED) is 0.421. The van der Waals surface area contributed by atoms with Crippen LogP contribution in [0.15, 0.2) is 0 Å². The molecular weight excluding hydrogens is 354 g/mol. The van der Waals surface area contributed by atoms with Crippen LogP contribution in [0, 0.1) is 17.8 Å². The lowest BCUT2D eigenvalue weighted by Gasteiger charge is -2.35. The van der Waals surface area contributed by atoms with Crippen molar-refractivity contribution in [2.45, 2.75) is 72.6 Å². The lowest BCUT2D eigenvalue weighted by atomic mass is 9.93. The maximum Gasteiger partial charge on any atom is 0.271 e. The molecule has 146 valence electrons. The predicted molar refractivity (Wildman–Crippen MR) is 87.7 cm³/mol. The molecule has 0 radical (unpaired) electrons. The van der Waals surface area contributed by atoms with E-state index < -0.39 is 15.6 Å². The second kappa shape index (κ2) is 11.8. The van der Waals surface area contributed by atoms with Crippen molar-refractivity contribution in [2.75, 3.05) is 6.61 Å². The fourth-order valence-corrected chi connectivity index (χ4v) is 3.99. The van der Waals surface area contributed by atoms with Crippen molar-refractivity contribution in [3.63, 3.8) is 0 Å². The van der Waals surface area contributed by atoms with Gasteiger partial charge in [-0.3, -0.25) is 8.88 Å². The van der Waals surface area contributed by atoms with Crippen LogP contribution in [0.5, 0.6) is 0 Å². The molecule has 3 atom stereocenters. The maximum atomic E-state index is 11.1. The highest BCUT2D eigenvalue weighted by Crippen LogP contribution is 2.50. The molecule has 7 nitrogen and oxygen atoms in total. The van der Waals surface area contributed by atoms with Gasteiger partial charge >= 0.3 is 0 Å². The summed E-state index contributed by atoms with van der Waals surface area (Å²) in [6.07, 6.45) is 7.35. The van der Waals surface area contributed by atoms with E-state index in [1.807, 2.05) is 6.92 Å². The molecule has 0 bridgehead atoms. The Labute approximate surface area is 146 Å². The summed E-state index contributed by atoms with van der Waals surface area (Å²) in [6, 6.07) is 0. The number of rotatable bonds is 14. The smallest absolute Gasteiger partial charge is 0.271 e. The zero-order valence-electron chi connectivity index (χ0n) is 15.1. The van der Waals surface area contributed by atoms with Gasteiger partial charge in [0.25, 0.3) is 7.82 Å². The first-order valence-electron chi connectivity index (χ1n) is 8.60. The minimum absolute atomic E-state index is 0.189. The van der Waals surface area contributed by atoms with E-state index in [9.17, 15) is 23.8 Å². The molecule has 0 aromatic rings. The molecule has 0 aliphatic heterocycles. The summed E-state index contributed by atoms with van der Waals surface area (Å²) in [5.41, 5.74) is 0. The molecule has 24 heavy (non-hydrogen) atoms. The minimum atomic E-state index is -5.60. The molecule has 0 N–H and O–H groups in total. The Bertz CT molecular complexity index is 422. The Kier molecular flexibility index (Phi) is 11.9. The van der Waals surface area contributed by atoms with Gasteiger partial charge in [0.2, 0.25) is 0 Å². The first kappa shape index (κ1) is 24.3. The summed E-state index contributed by atoms with van der Waals surface area (Å²) >= 11 is 0. The van der Waals surface area contributed by atoms with E-state index in [-0.39, 0.29) is 12.5 Å². The van der Waals surface area contributed by atoms with Crippen molar-refractivity contribution < 1.29 is 32.6 Å². The lowest BCUT2D eigenvalue weighted by Crippen LogP contribution is -2.19. The summed E-state index contributed by atoms with van der Waals surface area (Å²) in [4.78, 5) is 31.6. The van der Waals surface area contributed by atoms with E-state index in [1.165, 1.54) is 19.3 Å². The SMILES string of the molecule is CC(C)CCCC(C)CCCC(C)CCOP(=O)([O-])OP(=O)([O-])[O-]. The average Bonchev–Trinajstić information content (AvgIpc) is 2.34. The molecule has 0 rings (SSSR count). The predicted octanol–water partition coefficient (Wildman–Crippen LogP) is 2.98. The highest BCUT2D eigenvalue weighted by atomic mass is 31.3. The third-order valence-corrected chi connectivity index (χ3v) is 6.03. The van der Waals surface area contributed by atoms with Gasteiger partial charge in [-0.25, -0.2) is 0 Å². The molecule has 0 saturated heterocycles. The van der Waals surface area contributed by atoms with E-state index >= 15 is 0 Å². The van der Waals surface area contributed by atoms with Gasteiger partial charge in [-0.05, 0) is 24.2 Å². The monoisotopic (exact) mass is 385 g/mol. The third kappa shape index (κ3) is 15.8. The maximum absolute atomic E-state index is 11.1. The Balaban J connectivity index is 3.78. The molecule has 0 amide bonds. The summed E-state index contributed by atoms with van der Waals surface area (Å²) in [5.74, 6) is 1.68.